The van der Waals surface area contributed by atoms with E-state index in [2.05, 4.69) is 6.92 Å². The maximum Gasteiger partial charge on any atom is 0.302 e. The zero-order valence-electron chi connectivity index (χ0n) is 16.0. The first-order chi connectivity index (χ1) is 12.0. The van der Waals surface area contributed by atoms with Crippen LogP contribution in [0.1, 0.15) is 64.4 Å². The number of benzene rings is 1. The molecule has 0 N–H and O–H groups in total. The molecule has 1 heterocycles. The number of unbranched alkanes of at least 4 members (excludes halogenated alkanes) is 5. The van der Waals surface area contributed by atoms with Crippen LogP contribution < -0.4 is 0 Å². The molecule has 1 unspecified atom stereocenters. The molecule has 1 aliphatic rings. The molecule has 25 heavy (non-hydrogen) atoms. The average molecular weight is 347 g/mol. The van der Waals surface area contributed by atoms with Crippen LogP contribution in [0.15, 0.2) is 35.3 Å². The molecule has 0 aromatic heterocycles. The molecule has 139 valence electrons. The van der Waals surface area contributed by atoms with Gasteiger partial charge in [0.1, 0.15) is 11.4 Å². The minimum Gasteiger partial charge on any atom is -0.334 e. The molecule has 0 bridgehead atoms. The van der Waals surface area contributed by atoms with E-state index in [1.807, 2.05) is 37.3 Å². The van der Waals surface area contributed by atoms with Crippen LogP contribution in [-0.4, -0.2) is 36.6 Å². The normalized spacial score (nSPS) is 23.0. The Morgan fingerprint density at radius 1 is 1.00 bits per heavy atom. The Labute approximate surface area is 151 Å². The van der Waals surface area contributed by atoms with Gasteiger partial charge in [-0.3, -0.25) is 4.99 Å². The van der Waals surface area contributed by atoms with E-state index >= 15 is 0 Å². The molecular formula is C20H31N2O3. The Bertz CT molecular complexity index is 557. The number of aliphatic imine (C=N–C) groups is 1. The second-order valence-corrected chi connectivity index (χ2v) is 6.85. The van der Waals surface area contributed by atoms with Crippen LogP contribution in [0.4, 0.5) is 0 Å². The van der Waals surface area contributed by atoms with Crippen molar-refractivity contribution in [2.24, 2.45) is 4.99 Å². The molecule has 1 aromatic carbocycles. The highest BCUT2D eigenvalue weighted by Gasteiger charge is 2.58. The molecule has 0 saturated carbocycles. The number of methoxy groups -OCH3 is 2. The highest BCUT2D eigenvalue weighted by molar-refractivity contribution is 6.06. The summed E-state index contributed by atoms with van der Waals surface area (Å²) >= 11 is 0. The highest BCUT2D eigenvalue weighted by atomic mass is 16.8. The van der Waals surface area contributed by atoms with Gasteiger partial charge in [-0.25, -0.2) is 0 Å². The van der Waals surface area contributed by atoms with Crippen LogP contribution in [0.25, 0.3) is 0 Å². The lowest BCUT2D eigenvalue weighted by Crippen LogP contribution is -2.57. The Morgan fingerprint density at radius 2 is 1.60 bits per heavy atom. The lowest BCUT2D eigenvalue weighted by molar-refractivity contribution is -0.388. The monoisotopic (exact) mass is 347 g/mol. The van der Waals surface area contributed by atoms with Gasteiger partial charge in [0.05, 0.1) is 0 Å². The maximum absolute atomic E-state index is 13.1. The summed E-state index contributed by atoms with van der Waals surface area (Å²) in [4.78, 5) is 4.78. The zero-order valence-corrected chi connectivity index (χ0v) is 16.0. The van der Waals surface area contributed by atoms with Crippen LogP contribution in [-0.2, 0) is 14.7 Å². The fourth-order valence-corrected chi connectivity index (χ4v) is 3.45. The van der Waals surface area contributed by atoms with Gasteiger partial charge in [-0.1, -0.05) is 74.4 Å². The largest absolute Gasteiger partial charge is 0.334 e. The van der Waals surface area contributed by atoms with Gasteiger partial charge >= 0.3 is 5.91 Å². The third kappa shape index (κ3) is 4.11. The van der Waals surface area contributed by atoms with Crippen molar-refractivity contribution in [3.8, 4) is 0 Å². The van der Waals surface area contributed by atoms with Crippen LogP contribution in [0.5, 0.6) is 0 Å². The van der Waals surface area contributed by atoms with E-state index < -0.39 is 11.6 Å². The summed E-state index contributed by atoms with van der Waals surface area (Å²) in [6.07, 6.45) is 7.75. The molecule has 5 nitrogen and oxygen atoms in total. The Morgan fingerprint density at radius 3 is 2.20 bits per heavy atom. The predicted molar refractivity (Wildman–Crippen MR) is 98.7 cm³/mol. The van der Waals surface area contributed by atoms with E-state index in [0.717, 1.165) is 23.5 Å². The number of hydroxylamine groups is 2. The molecule has 0 spiro atoms. The third-order valence-electron chi connectivity index (χ3n) is 4.96. The number of hydrogen-bond acceptors (Lipinski definition) is 4. The first kappa shape index (κ1) is 20.0. The minimum absolute atomic E-state index is 0.543. The van der Waals surface area contributed by atoms with Crippen molar-refractivity contribution in [2.45, 2.75) is 70.4 Å². The number of ether oxygens (including phenoxy) is 2. The van der Waals surface area contributed by atoms with Gasteiger partial charge in [0, 0.05) is 19.8 Å². The lowest BCUT2D eigenvalue weighted by atomic mass is 10.0. The van der Waals surface area contributed by atoms with Crippen molar-refractivity contribution in [1.82, 2.24) is 5.06 Å². The first-order valence-corrected chi connectivity index (χ1v) is 9.27. The van der Waals surface area contributed by atoms with Gasteiger partial charge in [-0.15, -0.1) is 5.21 Å². The first-order valence-electron chi connectivity index (χ1n) is 9.27. The van der Waals surface area contributed by atoms with E-state index in [9.17, 15) is 5.21 Å². The summed E-state index contributed by atoms with van der Waals surface area (Å²) in [5, 5.41) is 14.0. The lowest BCUT2D eigenvalue weighted by Gasteiger charge is -2.36. The Balaban J connectivity index is 2.17. The van der Waals surface area contributed by atoms with E-state index in [0.29, 0.717) is 12.1 Å². The average Bonchev–Trinajstić information content (AvgIpc) is 2.87. The number of nitrogens with zero attached hydrogens (tertiary/aromatic N) is 2. The van der Waals surface area contributed by atoms with Gasteiger partial charge < -0.3 is 9.47 Å². The van der Waals surface area contributed by atoms with Crippen LogP contribution in [0.2, 0.25) is 0 Å². The van der Waals surface area contributed by atoms with Crippen LogP contribution in [0, 0.1) is 0 Å². The molecule has 0 fully saturated rings. The fourth-order valence-electron chi connectivity index (χ4n) is 3.45. The van der Waals surface area contributed by atoms with Gasteiger partial charge in [0.25, 0.3) is 0 Å². The molecule has 1 radical (unpaired) electrons. The van der Waals surface area contributed by atoms with E-state index in [1.165, 1.54) is 39.9 Å². The summed E-state index contributed by atoms with van der Waals surface area (Å²) in [5.41, 5.74) is 0.516. The quantitative estimate of drug-likeness (QED) is 0.461. The van der Waals surface area contributed by atoms with E-state index in [1.54, 1.807) is 0 Å². The van der Waals surface area contributed by atoms with E-state index in [-0.39, 0.29) is 0 Å². The fraction of sp³-hybridized carbons (Fsp3) is 0.650. The topological polar surface area (TPSA) is 54.0 Å². The standard InChI is InChI=1S/C20H31N2O3/c1-5-6-7-8-9-13-16-19(2)21-18(17-14-11-10-12-15-17)20(24-3,25-4)22(19)23/h10-12,14-15H,5-9,13,16H2,1-4H3. The predicted octanol–water partition coefficient (Wildman–Crippen LogP) is 4.55. The summed E-state index contributed by atoms with van der Waals surface area (Å²) in [6.45, 7) is 4.08. The van der Waals surface area contributed by atoms with Crippen molar-refractivity contribution < 1.29 is 14.7 Å². The Hall–Kier alpha value is -1.27. The highest BCUT2D eigenvalue weighted by Crippen LogP contribution is 2.40. The maximum atomic E-state index is 13.1. The number of rotatable bonds is 10. The molecule has 0 aliphatic carbocycles. The molecular weight excluding hydrogens is 316 g/mol. The molecule has 2 rings (SSSR count). The van der Waals surface area contributed by atoms with Crippen LogP contribution >= 0.6 is 0 Å². The van der Waals surface area contributed by atoms with Crippen LogP contribution in [0.3, 0.4) is 0 Å². The van der Waals surface area contributed by atoms with Crippen molar-refractivity contribution in [1.29, 1.82) is 0 Å². The second-order valence-electron chi connectivity index (χ2n) is 6.85. The molecule has 5 heteroatoms. The smallest absolute Gasteiger partial charge is 0.302 e. The summed E-state index contributed by atoms with van der Waals surface area (Å²) < 4.78 is 11.1. The molecule has 1 aliphatic heterocycles. The van der Waals surface area contributed by atoms with Crippen molar-refractivity contribution >= 4 is 5.71 Å². The molecule has 1 atom stereocenters. The van der Waals surface area contributed by atoms with Gasteiger partial charge in [-0.05, 0) is 19.8 Å². The number of hydrogen-bond donors (Lipinski definition) is 0. The summed E-state index contributed by atoms with van der Waals surface area (Å²) in [6, 6.07) is 9.63. The molecule has 0 amide bonds. The van der Waals surface area contributed by atoms with Crippen molar-refractivity contribution in [3.05, 3.63) is 35.9 Å². The summed E-state index contributed by atoms with van der Waals surface area (Å²) in [7, 11) is 2.98. The zero-order chi connectivity index (χ0) is 18.3. The van der Waals surface area contributed by atoms with Gasteiger partial charge in [0.2, 0.25) is 0 Å². The SMILES string of the molecule is CCCCCCCCC1(C)N=C(c2ccccc2)C(OC)(OC)N1[O]. The van der Waals surface area contributed by atoms with Crippen molar-refractivity contribution in [2.75, 3.05) is 14.2 Å². The third-order valence-corrected chi connectivity index (χ3v) is 4.96. The molecule has 0 saturated heterocycles. The van der Waals surface area contributed by atoms with E-state index in [4.69, 9.17) is 14.5 Å². The molecule has 1 aromatic rings. The van der Waals surface area contributed by atoms with Gasteiger partial charge in [-0.2, -0.15) is 0 Å². The Kier molecular flexibility index (Phi) is 7.14. The summed E-state index contributed by atoms with van der Waals surface area (Å²) in [5.74, 6) is -1.49. The van der Waals surface area contributed by atoms with Gasteiger partial charge in [0.15, 0.2) is 0 Å². The second kappa shape index (κ2) is 8.90. The minimum atomic E-state index is -1.49. The van der Waals surface area contributed by atoms with Crippen molar-refractivity contribution in [3.63, 3.8) is 0 Å².